The zero-order valence-corrected chi connectivity index (χ0v) is 19.2. The normalized spacial score (nSPS) is 17.7. The van der Waals surface area contributed by atoms with Crippen LogP contribution in [0.1, 0.15) is 45.1 Å². The van der Waals surface area contributed by atoms with Crippen LogP contribution < -0.4 is 5.32 Å². The summed E-state index contributed by atoms with van der Waals surface area (Å²) in [5, 5.41) is 6.97. The van der Waals surface area contributed by atoms with Crippen molar-refractivity contribution in [3.8, 4) is 0 Å². The van der Waals surface area contributed by atoms with Gasteiger partial charge in [-0.15, -0.1) is 11.3 Å². The van der Waals surface area contributed by atoms with Crippen molar-refractivity contribution in [2.24, 2.45) is 5.92 Å². The van der Waals surface area contributed by atoms with E-state index < -0.39 is 21.9 Å². The van der Waals surface area contributed by atoms with Crippen LogP contribution in [0.3, 0.4) is 0 Å². The maximum Gasteiger partial charge on any atom is 0.341 e. The van der Waals surface area contributed by atoms with E-state index in [0.717, 1.165) is 10.4 Å². The highest BCUT2D eigenvalue weighted by Gasteiger charge is 2.37. The van der Waals surface area contributed by atoms with E-state index in [2.05, 4.69) is 10.5 Å². The Morgan fingerprint density at radius 3 is 2.57 bits per heavy atom. The molecule has 0 spiro atoms. The molecule has 0 saturated carbocycles. The van der Waals surface area contributed by atoms with Crippen LogP contribution in [-0.2, 0) is 19.6 Å². The van der Waals surface area contributed by atoms with Gasteiger partial charge >= 0.3 is 5.97 Å². The average molecular weight is 456 g/mol. The molecule has 0 aliphatic carbocycles. The van der Waals surface area contributed by atoms with Gasteiger partial charge in [0.15, 0.2) is 5.76 Å². The number of hydrogen-bond acceptors (Lipinski definition) is 8. The molecule has 1 atom stereocenters. The summed E-state index contributed by atoms with van der Waals surface area (Å²) in [4.78, 5) is 26.0. The first-order valence-electron chi connectivity index (χ1n) is 9.50. The van der Waals surface area contributed by atoms with Crippen LogP contribution in [0.15, 0.2) is 9.42 Å². The van der Waals surface area contributed by atoms with Crippen LogP contribution in [0.2, 0.25) is 0 Å². The summed E-state index contributed by atoms with van der Waals surface area (Å²) in [6.07, 6.45) is 1.10. The second-order valence-electron chi connectivity index (χ2n) is 7.32. The Balaban J connectivity index is 1.81. The van der Waals surface area contributed by atoms with Gasteiger partial charge in [-0.2, -0.15) is 4.31 Å². The maximum absolute atomic E-state index is 13.1. The van der Waals surface area contributed by atoms with Crippen molar-refractivity contribution in [3.63, 3.8) is 0 Å². The molecular weight excluding hydrogens is 430 g/mol. The van der Waals surface area contributed by atoms with Gasteiger partial charge < -0.3 is 14.6 Å². The van der Waals surface area contributed by atoms with E-state index in [1.807, 2.05) is 6.92 Å². The van der Waals surface area contributed by atoms with E-state index in [1.165, 1.54) is 22.8 Å². The minimum Gasteiger partial charge on any atom is -0.465 e. The third kappa shape index (κ3) is 4.01. The molecule has 1 N–H and O–H groups in total. The number of anilines is 1. The first-order valence-corrected chi connectivity index (χ1v) is 11.8. The highest BCUT2D eigenvalue weighted by atomic mass is 32.2. The summed E-state index contributed by atoms with van der Waals surface area (Å²) in [5.41, 5.74) is 1.39. The monoisotopic (exact) mass is 455 g/mol. The fraction of sp³-hybridized carbons (Fsp3) is 0.526. The Morgan fingerprint density at radius 2 is 1.97 bits per heavy atom. The molecule has 3 rings (SSSR count). The second kappa shape index (κ2) is 8.48. The van der Waals surface area contributed by atoms with Gasteiger partial charge in [0.05, 0.1) is 18.6 Å². The number of amides is 1. The molecule has 11 heteroatoms. The highest BCUT2D eigenvalue weighted by molar-refractivity contribution is 7.89. The number of carbonyl (C=O) groups is 2. The molecule has 1 aliphatic heterocycles. The van der Waals surface area contributed by atoms with Crippen molar-refractivity contribution in [2.75, 3.05) is 25.5 Å². The van der Waals surface area contributed by atoms with Crippen molar-refractivity contribution in [1.29, 1.82) is 0 Å². The van der Waals surface area contributed by atoms with Crippen molar-refractivity contribution in [3.05, 3.63) is 27.5 Å². The lowest BCUT2D eigenvalue weighted by atomic mass is 9.99. The van der Waals surface area contributed by atoms with Crippen molar-refractivity contribution >= 4 is 38.2 Å². The summed E-state index contributed by atoms with van der Waals surface area (Å²) >= 11 is 1.30. The van der Waals surface area contributed by atoms with Gasteiger partial charge in [-0.05, 0) is 46.1 Å². The molecular formula is C19H25N3O6S2. The van der Waals surface area contributed by atoms with Gasteiger partial charge in [0.1, 0.15) is 15.6 Å². The van der Waals surface area contributed by atoms with Crippen LogP contribution in [0, 0.1) is 33.6 Å². The molecule has 1 unspecified atom stereocenters. The predicted octanol–water partition coefficient (Wildman–Crippen LogP) is 2.80. The van der Waals surface area contributed by atoms with Gasteiger partial charge in [0.25, 0.3) is 0 Å². The summed E-state index contributed by atoms with van der Waals surface area (Å²) in [6.45, 7) is 7.16. The van der Waals surface area contributed by atoms with E-state index in [4.69, 9.17) is 9.26 Å². The van der Waals surface area contributed by atoms with Crippen LogP contribution in [0.4, 0.5) is 5.00 Å². The molecule has 1 amide bonds. The third-order valence-electron chi connectivity index (χ3n) is 5.33. The highest BCUT2D eigenvalue weighted by Crippen LogP contribution is 2.34. The van der Waals surface area contributed by atoms with Crippen LogP contribution >= 0.6 is 11.3 Å². The quantitative estimate of drug-likeness (QED) is 0.689. The van der Waals surface area contributed by atoms with Gasteiger partial charge in [-0.1, -0.05) is 5.16 Å². The first-order chi connectivity index (χ1) is 14.1. The Labute approximate surface area is 179 Å². The number of hydrogen-bond donors (Lipinski definition) is 1. The summed E-state index contributed by atoms with van der Waals surface area (Å²) in [6, 6.07) is 0. The number of esters is 1. The summed E-state index contributed by atoms with van der Waals surface area (Å²) in [5.74, 6) is -1.15. The molecule has 0 bridgehead atoms. The third-order valence-corrected chi connectivity index (χ3v) is 8.57. The minimum absolute atomic E-state index is 0.0507. The fourth-order valence-electron chi connectivity index (χ4n) is 3.62. The largest absolute Gasteiger partial charge is 0.465 e. The molecule has 0 radical (unpaired) electrons. The van der Waals surface area contributed by atoms with Crippen molar-refractivity contribution in [1.82, 2.24) is 9.46 Å². The molecule has 30 heavy (non-hydrogen) atoms. The van der Waals surface area contributed by atoms with E-state index in [9.17, 15) is 18.0 Å². The molecule has 1 aliphatic rings. The Hall–Kier alpha value is -2.24. The van der Waals surface area contributed by atoms with Gasteiger partial charge in [-0.25, -0.2) is 13.2 Å². The van der Waals surface area contributed by atoms with Crippen molar-refractivity contribution in [2.45, 2.75) is 45.4 Å². The number of methoxy groups -OCH3 is 1. The zero-order chi connectivity index (χ0) is 22.2. The number of nitrogens with zero attached hydrogens (tertiary/aromatic N) is 2. The predicted molar refractivity (Wildman–Crippen MR) is 111 cm³/mol. The molecule has 1 fully saturated rings. The van der Waals surface area contributed by atoms with Gasteiger partial charge in [-0.3, -0.25) is 4.79 Å². The number of carbonyl (C=O) groups excluding carboxylic acids is 2. The second-order valence-corrected chi connectivity index (χ2v) is 10.4. The number of nitrogens with one attached hydrogen (secondary N) is 1. The van der Waals surface area contributed by atoms with Crippen LogP contribution in [-0.4, -0.2) is 50.0 Å². The molecule has 164 valence electrons. The summed E-state index contributed by atoms with van der Waals surface area (Å²) < 4.78 is 37.3. The van der Waals surface area contributed by atoms with E-state index in [0.29, 0.717) is 35.6 Å². The lowest BCUT2D eigenvalue weighted by Gasteiger charge is -2.31. The topological polar surface area (TPSA) is 119 Å². The SMILES string of the molecule is COC(=O)c1c(NC(=O)C2CCCN(S(=O)(=O)c3c(C)noc3C)C2)sc(C)c1C. The van der Waals surface area contributed by atoms with E-state index in [-0.39, 0.29) is 23.1 Å². The van der Waals surface area contributed by atoms with Crippen LogP contribution in [0.5, 0.6) is 0 Å². The molecule has 2 aromatic heterocycles. The number of piperidine rings is 1. The average Bonchev–Trinajstić information content (AvgIpc) is 3.19. The number of aryl methyl sites for hydroxylation is 3. The Bertz CT molecular complexity index is 1070. The maximum atomic E-state index is 13.1. The van der Waals surface area contributed by atoms with E-state index >= 15 is 0 Å². The lowest BCUT2D eigenvalue weighted by Crippen LogP contribution is -2.44. The molecule has 9 nitrogen and oxygen atoms in total. The molecule has 3 heterocycles. The minimum atomic E-state index is -3.82. The van der Waals surface area contributed by atoms with Crippen molar-refractivity contribution < 1.29 is 27.3 Å². The standard InChI is InChI=1S/C19H25N3O6S2/c1-10-13(4)29-18(15(10)19(24)27-5)20-17(23)14-7-6-8-22(9-14)30(25,26)16-11(2)21-28-12(16)3/h14H,6-9H2,1-5H3,(H,20,23). The Morgan fingerprint density at radius 1 is 1.27 bits per heavy atom. The van der Waals surface area contributed by atoms with Gasteiger partial charge in [0.2, 0.25) is 15.9 Å². The number of sulfonamides is 1. The number of thiophene rings is 1. The fourth-order valence-corrected chi connectivity index (χ4v) is 6.49. The van der Waals surface area contributed by atoms with Crippen LogP contribution in [0.25, 0.3) is 0 Å². The zero-order valence-electron chi connectivity index (χ0n) is 17.6. The van der Waals surface area contributed by atoms with Gasteiger partial charge in [0, 0.05) is 18.0 Å². The number of ether oxygens (including phenoxy) is 1. The first kappa shape index (κ1) is 22.4. The number of aromatic nitrogens is 1. The Kier molecular flexibility index (Phi) is 6.34. The molecule has 0 aromatic carbocycles. The summed E-state index contributed by atoms with van der Waals surface area (Å²) in [7, 11) is -2.53. The smallest absolute Gasteiger partial charge is 0.341 e. The molecule has 2 aromatic rings. The molecule has 1 saturated heterocycles. The lowest BCUT2D eigenvalue weighted by molar-refractivity contribution is -0.120. The number of rotatable bonds is 5. The van der Waals surface area contributed by atoms with E-state index in [1.54, 1.807) is 20.8 Å².